The predicted molar refractivity (Wildman–Crippen MR) is 74.7 cm³/mol. The van der Waals surface area contributed by atoms with Crippen LogP contribution in [0.3, 0.4) is 0 Å². The smallest absolute Gasteiger partial charge is 0.360 e. The number of likely N-dealkylation sites (N-methyl/N-ethyl adjacent to an activating group) is 1. The van der Waals surface area contributed by atoms with Crippen LogP contribution in [-0.4, -0.2) is 52.4 Å². The van der Waals surface area contributed by atoms with Gasteiger partial charge in [-0.25, -0.2) is 9.48 Å². The van der Waals surface area contributed by atoms with Crippen LogP contribution in [0.1, 0.15) is 10.5 Å². The number of ether oxygens (including phenoxy) is 1. The van der Waals surface area contributed by atoms with Gasteiger partial charge in [0, 0.05) is 14.1 Å². The molecule has 7 heteroatoms. The van der Waals surface area contributed by atoms with Crippen molar-refractivity contribution < 1.29 is 19.4 Å². The summed E-state index contributed by atoms with van der Waals surface area (Å²) in [5, 5.41) is 13.1. The Morgan fingerprint density at radius 2 is 1.95 bits per heavy atom. The Kier molecular flexibility index (Phi) is 4.22. The maximum absolute atomic E-state index is 11.5. The van der Waals surface area contributed by atoms with E-state index in [4.69, 9.17) is 9.84 Å². The molecule has 21 heavy (non-hydrogen) atoms. The molecule has 0 aliphatic carbocycles. The summed E-state index contributed by atoms with van der Waals surface area (Å²) in [5.74, 6) is -1.42. The Morgan fingerprint density at radius 1 is 1.29 bits per heavy atom. The van der Waals surface area contributed by atoms with E-state index in [0.717, 1.165) is 0 Å². The molecule has 1 aromatic heterocycles. The first kappa shape index (κ1) is 14.6. The Balaban J connectivity index is 2.26. The zero-order chi connectivity index (χ0) is 15.4. The van der Waals surface area contributed by atoms with E-state index < -0.39 is 5.97 Å². The SMILES string of the molecule is CN(C)C(=O)COc1cn(-c2ccccc2)nc1C(=O)O. The molecule has 2 aromatic rings. The molecule has 0 saturated carbocycles. The summed E-state index contributed by atoms with van der Waals surface area (Å²) < 4.78 is 6.67. The lowest BCUT2D eigenvalue weighted by molar-refractivity contribution is -0.130. The number of carbonyl (C=O) groups is 2. The summed E-state index contributed by atoms with van der Waals surface area (Å²) in [7, 11) is 3.19. The lowest BCUT2D eigenvalue weighted by atomic mass is 10.3. The van der Waals surface area contributed by atoms with Gasteiger partial charge in [-0.1, -0.05) is 18.2 Å². The van der Waals surface area contributed by atoms with Crippen LogP contribution in [0.5, 0.6) is 5.75 Å². The van der Waals surface area contributed by atoms with E-state index in [-0.39, 0.29) is 24.0 Å². The van der Waals surface area contributed by atoms with E-state index in [1.165, 1.54) is 15.8 Å². The van der Waals surface area contributed by atoms with Gasteiger partial charge in [-0.15, -0.1) is 0 Å². The van der Waals surface area contributed by atoms with Gasteiger partial charge in [0.2, 0.25) is 5.69 Å². The largest absolute Gasteiger partial charge is 0.480 e. The van der Waals surface area contributed by atoms with Crippen LogP contribution in [0.4, 0.5) is 0 Å². The summed E-state index contributed by atoms with van der Waals surface area (Å²) in [6.45, 7) is -0.242. The van der Waals surface area contributed by atoms with Gasteiger partial charge in [0.1, 0.15) is 0 Å². The molecule has 2 rings (SSSR count). The van der Waals surface area contributed by atoms with Crippen LogP contribution >= 0.6 is 0 Å². The molecule has 0 aliphatic heterocycles. The predicted octanol–water partition coefficient (Wildman–Crippen LogP) is 1.04. The topological polar surface area (TPSA) is 84.7 Å². The van der Waals surface area contributed by atoms with Crippen LogP contribution < -0.4 is 4.74 Å². The average Bonchev–Trinajstić information content (AvgIpc) is 2.90. The molecular formula is C14H15N3O4. The Bertz CT molecular complexity index is 649. The number of aromatic nitrogens is 2. The first-order valence-corrected chi connectivity index (χ1v) is 6.20. The minimum absolute atomic E-state index is 0.0570. The monoisotopic (exact) mass is 289 g/mol. The van der Waals surface area contributed by atoms with Crippen molar-refractivity contribution in [3.63, 3.8) is 0 Å². The quantitative estimate of drug-likeness (QED) is 0.889. The van der Waals surface area contributed by atoms with E-state index in [9.17, 15) is 9.59 Å². The number of carboxylic acid groups (broad SMARTS) is 1. The maximum atomic E-state index is 11.5. The minimum atomic E-state index is -1.21. The number of amides is 1. The van der Waals surface area contributed by atoms with Crippen molar-refractivity contribution in [2.75, 3.05) is 20.7 Å². The highest BCUT2D eigenvalue weighted by molar-refractivity contribution is 5.88. The number of nitrogens with zero attached hydrogens (tertiary/aromatic N) is 3. The van der Waals surface area contributed by atoms with Crippen LogP contribution in [0, 0.1) is 0 Å². The molecule has 7 nitrogen and oxygen atoms in total. The van der Waals surface area contributed by atoms with Crippen molar-refractivity contribution >= 4 is 11.9 Å². The van der Waals surface area contributed by atoms with Gasteiger partial charge in [0.15, 0.2) is 12.4 Å². The molecule has 1 N–H and O–H groups in total. The molecule has 1 aromatic carbocycles. The fourth-order valence-electron chi connectivity index (χ4n) is 1.59. The number of benzene rings is 1. The summed E-state index contributed by atoms with van der Waals surface area (Å²) in [6, 6.07) is 9.04. The highest BCUT2D eigenvalue weighted by Gasteiger charge is 2.19. The first-order chi connectivity index (χ1) is 9.99. The normalized spacial score (nSPS) is 10.2. The van der Waals surface area contributed by atoms with Gasteiger partial charge < -0.3 is 14.7 Å². The van der Waals surface area contributed by atoms with Crippen LogP contribution in [-0.2, 0) is 4.79 Å². The molecule has 0 spiro atoms. The lowest BCUT2D eigenvalue weighted by Gasteiger charge is -2.10. The van der Waals surface area contributed by atoms with Crippen molar-refractivity contribution in [3.05, 3.63) is 42.2 Å². The third kappa shape index (κ3) is 3.38. The number of rotatable bonds is 5. The van der Waals surface area contributed by atoms with Crippen LogP contribution in [0.15, 0.2) is 36.5 Å². The van der Waals surface area contributed by atoms with Crippen molar-refractivity contribution in [2.45, 2.75) is 0 Å². The molecule has 0 bridgehead atoms. The average molecular weight is 289 g/mol. The molecule has 0 fully saturated rings. The van der Waals surface area contributed by atoms with Crippen LogP contribution in [0.2, 0.25) is 0 Å². The zero-order valence-electron chi connectivity index (χ0n) is 11.7. The van der Waals surface area contributed by atoms with Crippen molar-refractivity contribution in [3.8, 4) is 11.4 Å². The second kappa shape index (κ2) is 6.08. The Morgan fingerprint density at radius 3 is 2.52 bits per heavy atom. The van der Waals surface area contributed by atoms with E-state index >= 15 is 0 Å². The summed E-state index contributed by atoms with van der Waals surface area (Å²) in [4.78, 5) is 24.1. The molecule has 0 radical (unpaired) electrons. The van der Waals surface area contributed by atoms with Gasteiger partial charge in [0.25, 0.3) is 5.91 Å². The fraction of sp³-hybridized carbons (Fsp3) is 0.214. The molecule has 1 heterocycles. The Hall–Kier alpha value is -2.83. The minimum Gasteiger partial charge on any atom is -0.480 e. The number of hydrogen-bond acceptors (Lipinski definition) is 4. The summed E-state index contributed by atoms with van der Waals surface area (Å²) in [5.41, 5.74) is 0.471. The summed E-state index contributed by atoms with van der Waals surface area (Å²) in [6.07, 6.45) is 1.45. The molecule has 1 amide bonds. The van der Waals surface area contributed by atoms with E-state index in [1.807, 2.05) is 18.2 Å². The highest BCUT2D eigenvalue weighted by atomic mass is 16.5. The fourth-order valence-corrected chi connectivity index (χ4v) is 1.59. The molecular weight excluding hydrogens is 274 g/mol. The molecule has 0 unspecified atom stereocenters. The van der Waals surface area contributed by atoms with E-state index in [2.05, 4.69) is 5.10 Å². The van der Waals surface area contributed by atoms with Gasteiger partial charge >= 0.3 is 5.97 Å². The number of hydrogen-bond donors (Lipinski definition) is 1. The number of carbonyl (C=O) groups excluding carboxylic acids is 1. The van der Waals surface area contributed by atoms with Crippen molar-refractivity contribution in [1.29, 1.82) is 0 Å². The molecule has 0 atom stereocenters. The number of aromatic carboxylic acids is 1. The highest BCUT2D eigenvalue weighted by Crippen LogP contribution is 2.19. The third-order valence-electron chi connectivity index (χ3n) is 2.75. The molecule has 110 valence electrons. The van der Waals surface area contributed by atoms with E-state index in [0.29, 0.717) is 5.69 Å². The Labute approximate surface area is 121 Å². The van der Waals surface area contributed by atoms with Gasteiger partial charge in [-0.3, -0.25) is 4.79 Å². The third-order valence-corrected chi connectivity index (χ3v) is 2.75. The number of para-hydroxylation sites is 1. The second-order valence-corrected chi connectivity index (χ2v) is 4.50. The van der Waals surface area contributed by atoms with Crippen LogP contribution in [0.25, 0.3) is 5.69 Å². The van der Waals surface area contributed by atoms with Gasteiger partial charge in [-0.05, 0) is 12.1 Å². The standard InChI is InChI=1S/C14H15N3O4/c1-16(2)12(18)9-21-11-8-17(15-13(11)14(19)20)10-6-4-3-5-7-10/h3-8H,9H2,1-2H3,(H,19,20). The molecule has 0 saturated heterocycles. The lowest BCUT2D eigenvalue weighted by Crippen LogP contribution is -2.27. The first-order valence-electron chi connectivity index (χ1n) is 6.20. The second-order valence-electron chi connectivity index (χ2n) is 4.50. The maximum Gasteiger partial charge on any atom is 0.360 e. The van der Waals surface area contributed by atoms with E-state index in [1.54, 1.807) is 26.2 Å². The van der Waals surface area contributed by atoms with Gasteiger partial charge in [-0.2, -0.15) is 5.10 Å². The van der Waals surface area contributed by atoms with Crippen molar-refractivity contribution in [1.82, 2.24) is 14.7 Å². The summed E-state index contributed by atoms with van der Waals surface area (Å²) >= 11 is 0. The molecule has 0 aliphatic rings. The van der Waals surface area contributed by atoms with Crippen molar-refractivity contribution in [2.24, 2.45) is 0 Å². The zero-order valence-corrected chi connectivity index (χ0v) is 11.7. The number of carboxylic acids is 1. The van der Waals surface area contributed by atoms with Gasteiger partial charge in [0.05, 0.1) is 11.9 Å².